The smallest absolute Gasteiger partial charge is 0.392 e. The first-order chi connectivity index (χ1) is 23.9. The number of carbonyl (C=O) groups is 2. The molecule has 3 unspecified atom stereocenters. The fourth-order valence-electron chi connectivity index (χ4n) is 5.44. The van der Waals surface area contributed by atoms with E-state index >= 15 is 0 Å². The Morgan fingerprint density at radius 1 is 0.843 bits per heavy atom. The lowest BCUT2D eigenvalue weighted by Gasteiger charge is -2.27. The summed E-state index contributed by atoms with van der Waals surface area (Å²) in [5.41, 5.74) is 19.1. The first-order valence-electron chi connectivity index (χ1n) is 16.7. The van der Waals surface area contributed by atoms with Crippen LogP contribution in [0.4, 0.5) is 30.2 Å². The number of alkyl halides is 3. The molecule has 0 radical (unpaired) electrons. The van der Waals surface area contributed by atoms with Gasteiger partial charge in [-0.25, -0.2) is 0 Å². The first kappa shape index (κ1) is 38.7. The van der Waals surface area contributed by atoms with E-state index in [2.05, 4.69) is 52.3 Å². The third-order valence-corrected chi connectivity index (χ3v) is 8.42. The van der Waals surface area contributed by atoms with Crippen LogP contribution in [0, 0.1) is 17.8 Å². The molecule has 4 aromatic rings. The van der Waals surface area contributed by atoms with E-state index in [9.17, 15) is 22.8 Å². The highest BCUT2D eigenvalue weighted by molar-refractivity contribution is 5.99. The Morgan fingerprint density at radius 2 is 1.39 bits per heavy atom. The van der Waals surface area contributed by atoms with E-state index in [0.717, 1.165) is 35.9 Å². The molecule has 0 bridgehead atoms. The molecule has 3 atom stereocenters. The molecule has 1 aliphatic heterocycles. The van der Waals surface area contributed by atoms with Crippen molar-refractivity contribution in [2.24, 2.45) is 28.5 Å². The summed E-state index contributed by atoms with van der Waals surface area (Å²) in [5.74, 6) is -5.15. The number of benzene rings is 2. The Balaban J connectivity index is 0.000000249. The van der Waals surface area contributed by atoms with Crippen LogP contribution in [-0.4, -0.2) is 45.4 Å². The summed E-state index contributed by atoms with van der Waals surface area (Å²) in [6.45, 7) is 9.93. The van der Waals surface area contributed by atoms with E-state index in [1.165, 1.54) is 22.8 Å². The lowest BCUT2D eigenvalue weighted by Crippen LogP contribution is -2.38. The molecule has 0 saturated heterocycles. The Morgan fingerprint density at radius 3 is 1.90 bits per heavy atom. The number of esters is 1. The average molecular weight is 703 g/mol. The predicted molar refractivity (Wildman–Crippen MR) is 195 cm³/mol. The zero-order valence-corrected chi connectivity index (χ0v) is 29.7. The van der Waals surface area contributed by atoms with Crippen molar-refractivity contribution in [3.63, 3.8) is 0 Å². The predicted octanol–water partition coefficient (Wildman–Crippen LogP) is 8.18. The van der Waals surface area contributed by atoms with E-state index < -0.39 is 41.9 Å². The van der Waals surface area contributed by atoms with Gasteiger partial charge in [0.15, 0.2) is 0 Å². The summed E-state index contributed by atoms with van der Waals surface area (Å²) < 4.78 is 45.1. The van der Waals surface area contributed by atoms with E-state index in [1.54, 1.807) is 57.4 Å². The number of aliphatic imine (C=N–C) groups is 1. The van der Waals surface area contributed by atoms with Gasteiger partial charge < -0.3 is 21.5 Å². The summed E-state index contributed by atoms with van der Waals surface area (Å²) in [5, 5.41) is 2.43. The van der Waals surface area contributed by atoms with Crippen LogP contribution in [0.5, 0.6) is 0 Å². The molecule has 9 nitrogen and oxygen atoms in total. The maximum atomic E-state index is 13.3. The standard InChI is InChI=1S/C22H26F3N3O3.C17H19N3/c1-13(22(23,24)25)16(12-19(29)31-21(2,3)4)20(30)28-18-6-5-15(11-17(18)26)14-7-9-27-10-8-14;1-11(2)17(18)16-10-14-9-13(3-4-15(14)20-16)12-5-7-19-8-6-12/h5-11,13,16H,12,26H2,1-4H3,(H,28,30);3-9,11,17H,10,18H2,1-2H3. The number of anilines is 2. The second-order valence-corrected chi connectivity index (χ2v) is 13.9. The van der Waals surface area contributed by atoms with Gasteiger partial charge in [-0.1, -0.05) is 32.9 Å². The molecule has 0 fully saturated rings. The first-order valence-corrected chi connectivity index (χ1v) is 16.7. The van der Waals surface area contributed by atoms with Crippen LogP contribution in [-0.2, 0) is 20.7 Å². The number of nitrogens with zero attached hydrogens (tertiary/aromatic N) is 3. The van der Waals surface area contributed by atoms with Crippen molar-refractivity contribution in [2.45, 2.75) is 72.2 Å². The van der Waals surface area contributed by atoms with Crippen LogP contribution >= 0.6 is 0 Å². The minimum atomic E-state index is -4.67. The number of pyridine rings is 2. The fourth-order valence-corrected chi connectivity index (χ4v) is 5.44. The molecule has 5 N–H and O–H groups in total. The monoisotopic (exact) mass is 702 g/mol. The van der Waals surface area contributed by atoms with Crippen LogP contribution in [0.25, 0.3) is 22.3 Å². The number of nitrogens with one attached hydrogen (secondary N) is 1. The molecule has 270 valence electrons. The number of fused-ring (bicyclic) bond motifs is 1. The van der Waals surface area contributed by atoms with Crippen LogP contribution in [0.3, 0.4) is 0 Å². The van der Waals surface area contributed by atoms with E-state index in [4.69, 9.17) is 16.2 Å². The number of halogens is 3. The maximum Gasteiger partial charge on any atom is 0.392 e. The summed E-state index contributed by atoms with van der Waals surface area (Å²) >= 11 is 0. The quantitative estimate of drug-likeness (QED) is 0.118. The van der Waals surface area contributed by atoms with Gasteiger partial charge in [-0.15, -0.1) is 0 Å². The number of nitrogen functional groups attached to an aromatic ring is 1. The van der Waals surface area contributed by atoms with Gasteiger partial charge in [0.2, 0.25) is 5.91 Å². The zero-order chi connectivity index (χ0) is 37.5. The molecule has 1 amide bonds. The molecule has 1 aliphatic rings. The number of carbonyl (C=O) groups excluding carboxylic acids is 2. The van der Waals surface area contributed by atoms with Crippen molar-refractivity contribution in [3.8, 4) is 22.3 Å². The molecule has 3 heterocycles. The van der Waals surface area contributed by atoms with Gasteiger partial charge in [-0.05, 0) is 103 Å². The number of rotatable bonds is 9. The molecule has 2 aromatic carbocycles. The summed E-state index contributed by atoms with van der Waals surface area (Å²) in [7, 11) is 0. The van der Waals surface area contributed by atoms with Gasteiger partial charge >= 0.3 is 12.1 Å². The van der Waals surface area contributed by atoms with Gasteiger partial charge in [0, 0.05) is 43.0 Å². The molecule has 5 rings (SSSR count). The second-order valence-electron chi connectivity index (χ2n) is 13.9. The van der Waals surface area contributed by atoms with Crippen molar-refractivity contribution >= 4 is 34.7 Å². The maximum absolute atomic E-state index is 13.3. The van der Waals surface area contributed by atoms with Crippen LogP contribution in [0.2, 0.25) is 0 Å². The molecule has 0 spiro atoms. The largest absolute Gasteiger partial charge is 0.460 e. The SMILES string of the molecule is CC(C(CC(=O)OC(C)(C)C)C(=O)Nc1ccc(-c2ccncc2)cc1N)C(F)(F)F.CC(C)C(N)C1=Nc2ccc(-c3ccncc3)cc2C1. The average Bonchev–Trinajstić information content (AvgIpc) is 3.51. The minimum absolute atomic E-state index is 0.0479. The number of ether oxygens (including phenoxy) is 1. The molecule has 2 aromatic heterocycles. The van der Waals surface area contributed by atoms with E-state index in [1.807, 2.05) is 24.5 Å². The van der Waals surface area contributed by atoms with Crippen molar-refractivity contribution < 1.29 is 27.5 Å². The number of amides is 1. The lowest BCUT2D eigenvalue weighted by atomic mass is 9.89. The Kier molecular flexibility index (Phi) is 12.4. The van der Waals surface area contributed by atoms with Crippen molar-refractivity contribution in [2.75, 3.05) is 11.1 Å². The lowest BCUT2D eigenvalue weighted by molar-refractivity contribution is -0.189. The topological polar surface area (TPSA) is 146 Å². The zero-order valence-electron chi connectivity index (χ0n) is 29.7. The third-order valence-electron chi connectivity index (χ3n) is 8.42. The van der Waals surface area contributed by atoms with Crippen molar-refractivity contribution in [1.29, 1.82) is 0 Å². The number of hydrogen-bond donors (Lipinski definition) is 3. The highest BCUT2D eigenvalue weighted by atomic mass is 19.4. The van der Waals surface area contributed by atoms with Gasteiger partial charge in [0.1, 0.15) is 5.60 Å². The van der Waals surface area contributed by atoms with Crippen LogP contribution in [0.1, 0.15) is 53.5 Å². The Bertz CT molecular complexity index is 1840. The van der Waals surface area contributed by atoms with Gasteiger partial charge in [-0.2, -0.15) is 13.2 Å². The van der Waals surface area contributed by atoms with E-state index in [0.29, 0.717) is 5.92 Å². The summed E-state index contributed by atoms with van der Waals surface area (Å²) in [6.07, 6.45) is 2.35. The third kappa shape index (κ3) is 10.7. The van der Waals surface area contributed by atoms with E-state index in [-0.39, 0.29) is 17.4 Å². The highest BCUT2D eigenvalue weighted by Gasteiger charge is 2.45. The molecule has 12 heteroatoms. The summed E-state index contributed by atoms with van der Waals surface area (Å²) in [6, 6.07) is 18.8. The highest BCUT2D eigenvalue weighted by Crippen LogP contribution is 2.36. The normalized spacial score (nSPS) is 14.4. The molecular formula is C39H45F3N6O3. The van der Waals surface area contributed by atoms with Crippen LogP contribution in [0.15, 0.2) is 90.4 Å². The molecule has 0 saturated carbocycles. The summed E-state index contributed by atoms with van der Waals surface area (Å²) in [4.78, 5) is 37.5. The molecule has 0 aliphatic carbocycles. The number of nitrogens with two attached hydrogens (primary N) is 2. The van der Waals surface area contributed by atoms with Crippen LogP contribution < -0.4 is 16.8 Å². The second kappa shape index (κ2) is 16.3. The fraction of sp³-hybridized carbons (Fsp3) is 0.359. The number of hydrogen-bond acceptors (Lipinski definition) is 8. The number of aromatic nitrogens is 2. The Hall–Kier alpha value is -5.10. The molecular weight excluding hydrogens is 657 g/mol. The van der Waals surface area contributed by atoms with Crippen molar-refractivity contribution in [1.82, 2.24) is 9.97 Å². The van der Waals surface area contributed by atoms with Crippen molar-refractivity contribution in [3.05, 3.63) is 91.0 Å². The van der Waals surface area contributed by atoms with Gasteiger partial charge in [0.05, 0.1) is 35.3 Å². The van der Waals surface area contributed by atoms with Gasteiger partial charge in [-0.3, -0.25) is 24.5 Å². The minimum Gasteiger partial charge on any atom is -0.460 e. The Labute approximate surface area is 296 Å². The molecule has 51 heavy (non-hydrogen) atoms. The van der Waals surface area contributed by atoms with Gasteiger partial charge in [0.25, 0.3) is 0 Å².